The molecular weight excluding hydrogens is 456 g/mol. The smallest absolute Gasteiger partial charge is 0.269 e. The Balaban J connectivity index is 1.16. The van der Waals surface area contributed by atoms with Crippen molar-refractivity contribution in [1.82, 2.24) is 0 Å². The summed E-state index contributed by atoms with van der Waals surface area (Å²) in [6.07, 6.45) is 13.8. The molecule has 2 aromatic carbocycles. The monoisotopic (exact) mass is 488 g/mol. The van der Waals surface area contributed by atoms with Crippen molar-refractivity contribution < 1.29 is 9.85 Å². The van der Waals surface area contributed by atoms with Crippen LogP contribution in [0.25, 0.3) is 0 Å². The van der Waals surface area contributed by atoms with E-state index in [-0.39, 0.29) is 21.2 Å². The molecule has 6 rings (SSSR count). The number of hydrogen-bond acceptors (Lipinski definition) is 6. The van der Waals surface area contributed by atoms with Gasteiger partial charge in [-0.1, -0.05) is 0 Å². The lowest BCUT2D eigenvalue weighted by Gasteiger charge is -2.62. The van der Waals surface area contributed by atoms with Gasteiger partial charge in [0.15, 0.2) is 0 Å². The molecule has 0 saturated heterocycles. The normalized spacial score (nSPS) is 28.8. The minimum atomic E-state index is -0.384. The Hall–Kier alpha value is -3.42. The molecular formula is C28H32N4O4. The maximum atomic E-state index is 10.8. The van der Waals surface area contributed by atoms with Crippen LogP contribution in [0.1, 0.15) is 62.5 Å². The summed E-state index contributed by atoms with van der Waals surface area (Å²) in [4.78, 5) is 30.2. The van der Waals surface area contributed by atoms with Crippen molar-refractivity contribution in [3.63, 3.8) is 0 Å². The van der Waals surface area contributed by atoms with Gasteiger partial charge in [0.1, 0.15) is 0 Å². The quantitative estimate of drug-likeness (QED) is 0.219. The van der Waals surface area contributed by atoms with Crippen LogP contribution in [0.5, 0.6) is 0 Å². The number of nitrogens with zero attached hydrogens (tertiary/aromatic N) is 4. The van der Waals surface area contributed by atoms with E-state index in [1.807, 2.05) is 12.4 Å². The van der Waals surface area contributed by atoms with Gasteiger partial charge in [-0.3, -0.25) is 30.2 Å². The van der Waals surface area contributed by atoms with E-state index in [4.69, 9.17) is 0 Å². The van der Waals surface area contributed by atoms with E-state index >= 15 is 0 Å². The molecule has 188 valence electrons. The first-order valence-corrected chi connectivity index (χ1v) is 12.8. The maximum absolute atomic E-state index is 10.8. The largest absolute Gasteiger partial charge is 0.293 e. The van der Waals surface area contributed by atoms with Crippen LogP contribution in [0.3, 0.4) is 0 Å². The molecule has 2 aromatic rings. The van der Waals surface area contributed by atoms with E-state index in [1.165, 1.54) is 62.8 Å². The Morgan fingerprint density at radius 1 is 0.722 bits per heavy atom. The highest BCUT2D eigenvalue weighted by molar-refractivity contribution is 5.80. The SMILES string of the molecule is O=[N+]([O-])c1ccc(C=NCCC23CC4CC(C2)CC(CCN=Cc2ccc([N+](=O)[O-])cc2)(C4)C3)cc1. The van der Waals surface area contributed by atoms with Crippen LogP contribution in [0.4, 0.5) is 11.4 Å². The first kappa shape index (κ1) is 24.3. The van der Waals surface area contributed by atoms with Crippen LogP contribution in [-0.2, 0) is 0 Å². The van der Waals surface area contributed by atoms with Crippen molar-refractivity contribution in [3.8, 4) is 0 Å². The predicted molar refractivity (Wildman–Crippen MR) is 140 cm³/mol. The van der Waals surface area contributed by atoms with Crippen molar-refractivity contribution >= 4 is 23.8 Å². The highest BCUT2D eigenvalue weighted by Crippen LogP contribution is 2.67. The number of rotatable bonds is 10. The first-order chi connectivity index (χ1) is 17.3. The van der Waals surface area contributed by atoms with E-state index in [0.717, 1.165) is 48.9 Å². The second kappa shape index (κ2) is 9.91. The first-order valence-electron chi connectivity index (χ1n) is 12.8. The molecule has 0 spiro atoms. The molecule has 0 atom stereocenters. The lowest BCUT2D eigenvalue weighted by molar-refractivity contribution is -0.385. The summed E-state index contributed by atoms with van der Waals surface area (Å²) in [5.41, 5.74) is 2.77. The average molecular weight is 489 g/mol. The highest BCUT2D eigenvalue weighted by Gasteiger charge is 2.56. The molecule has 8 nitrogen and oxygen atoms in total. The molecule has 4 aliphatic rings. The molecule has 4 fully saturated rings. The third kappa shape index (κ3) is 5.37. The molecule has 8 heteroatoms. The minimum Gasteiger partial charge on any atom is -0.293 e. The summed E-state index contributed by atoms with van der Waals surface area (Å²) in [6.45, 7) is 1.59. The zero-order chi connectivity index (χ0) is 25.2. The summed E-state index contributed by atoms with van der Waals surface area (Å²) in [6, 6.07) is 13.1. The van der Waals surface area contributed by atoms with Crippen LogP contribution in [0, 0.1) is 42.9 Å². The van der Waals surface area contributed by atoms with Crippen molar-refractivity contribution in [2.45, 2.75) is 51.4 Å². The topological polar surface area (TPSA) is 111 Å². The van der Waals surface area contributed by atoms with Gasteiger partial charge in [-0.2, -0.15) is 0 Å². The second-order valence-electron chi connectivity index (χ2n) is 11.2. The van der Waals surface area contributed by atoms with Gasteiger partial charge in [-0.25, -0.2) is 0 Å². The van der Waals surface area contributed by atoms with Gasteiger partial charge in [-0.05, 0) is 109 Å². The lowest BCUT2D eigenvalue weighted by atomic mass is 9.43. The van der Waals surface area contributed by atoms with Crippen LogP contribution < -0.4 is 0 Å². The Kier molecular flexibility index (Phi) is 6.69. The van der Waals surface area contributed by atoms with Gasteiger partial charge < -0.3 is 0 Å². The molecule has 0 aromatic heterocycles. The van der Waals surface area contributed by atoms with Gasteiger partial charge >= 0.3 is 0 Å². The van der Waals surface area contributed by atoms with E-state index in [9.17, 15) is 20.2 Å². The molecule has 0 radical (unpaired) electrons. The molecule has 36 heavy (non-hydrogen) atoms. The predicted octanol–water partition coefficient (Wildman–Crippen LogP) is 6.41. The Morgan fingerprint density at radius 2 is 1.11 bits per heavy atom. The lowest BCUT2D eigenvalue weighted by Crippen LogP contribution is -2.52. The molecule has 0 amide bonds. The van der Waals surface area contributed by atoms with Crippen molar-refractivity contribution in [1.29, 1.82) is 0 Å². The van der Waals surface area contributed by atoms with Gasteiger partial charge in [0.25, 0.3) is 11.4 Å². The summed E-state index contributed by atoms with van der Waals surface area (Å²) in [7, 11) is 0. The van der Waals surface area contributed by atoms with E-state index in [0.29, 0.717) is 10.8 Å². The molecule has 4 saturated carbocycles. The van der Waals surface area contributed by atoms with E-state index < -0.39 is 0 Å². The fourth-order valence-electron chi connectivity index (χ4n) is 7.54. The van der Waals surface area contributed by atoms with Crippen LogP contribution in [0.2, 0.25) is 0 Å². The van der Waals surface area contributed by atoms with E-state index in [2.05, 4.69) is 9.98 Å². The number of nitro benzene ring substituents is 2. The third-order valence-electron chi connectivity index (χ3n) is 8.53. The zero-order valence-corrected chi connectivity index (χ0v) is 20.4. The fraction of sp³-hybridized carbons (Fsp3) is 0.500. The number of nitro groups is 2. The molecule has 0 aliphatic heterocycles. The van der Waals surface area contributed by atoms with Crippen LogP contribution in [-0.4, -0.2) is 35.4 Å². The number of aliphatic imine (C=N–C) groups is 2. The Labute approximate surface area is 210 Å². The zero-order valence-electron chi connectivity index (χ0n) is 20.4. The summed E-state index contributed by atoms with van der Waals surface area (Å²) in [5, 5.41) is 21.7. The van der Waals surface area contributed by atoms with Gasteiger partial charge in [0.2, 0.25) is 0 Å². The molecule has 0 N–H and O–H groups in total. The Bertz CT molecular complexity index is 1070. The third-order valence-corrected chi connectivity index (χ3v) is 8.53. The van der Waals surface area contributed by atoms with Crippen molar-refractivity contribution in [3.05, 3.63) is 79.9 Å². The average Bonchev–Trinajstić information content (AvgIpc) is 2.84. The number of non-ortho nitro benzene ring substituents is 2. The van der Waals surface area contributed by atoms with E-state index in [1.54, 1.807) is 24.3 Å². The summed E-state index contributed by atoms with van der Waals surface area (Å²) >= 11 is 0. The Morgan fingerprint density at radius 3 is 1.47 bits per heavy atom. The standard InChI is InChI=1S/C28H32N4O4/c33-31(34)25-5-1-21(2-6-25)18-29-11-9-27-14-23-13-24(15-27)17-28(16-23,20-27)10-12-30-19-22-3-7-26(8-4-22)32(35)36/h1-8,18-19,23-24H,9-17,20H2. The second-order valence-corrected chi connectivity index (χ2v) is 11.2. The van der Waals surface area contributed by atoms with Gasteiger partial charge in [-0.15, -0.1) is 0 Å². The molecule has 0 unspecified atom stereocenters. The maximum Gasteiger partial charge on any atom is 0.269 e. The van der Waals surface area contributed by atoms with Crippen molar-refractivity contribution in [2.75, 3.05) is 13.1 Å². The molecule has 4 aliphatic carbocycles. The van der Waals surface area contributed by atoms with Gasteiger partial charge in [0.05, 0.1) is 9.85 Å². The summed E-state index contributed by atoms with van der Waals surface area (Å²) in [5.74, 6) is 1.65. The van der Waals surface area contributed by atoms with Crippen molar-refractivity contribution in [2.24, 2.45) is 32.7 Å². The van der Waals surface area contributed by atoms with Gasteiger partial charge in [0, 0.05) is 49.8 Å². The minimum absolute atomic E-state index is 0.100. The fourth-order valence-corrected chi connectivity index (χ4v) is 7.54. The van der Waals surface area contributed by atoms with Crippen LogP contribution in [0.15, 0.2) is 58.5 Å². The molecule has 0 heterocycles. The number of benzene rings is 2. The number of hydrogen-bond donors (Lipinski definition) is 0. The summed E-state index contributed by atoms with van der Waals surface area (Å²) < 4.78 is 0. The molecule has 4 bridgehead atoms. The van der Waals surface area contributed by atoms with Crippen LogP contribution >= 0.6 is 0 Å². The highest BCUT2D eigenvalue weighted by atomic mass is 16.6.